The number of hydrogen-bond acceptors (Lipinski definition) is 15. The van der Waals surface area contributed by atoms with Gasteiger partial charge in [-0.2, -0.15) is 0 Å². The van der Waals surface area contributed by atoms with Crippen LogP contribution in [0, 0.1) is 11.8 Å². The highest BCUT2D eigenvalue weighted by atomic mass is 31.2. The molecule has 2 unspecified atom stereocenters. The topological polar surface area (TPSA) is 237 Å². The molecule has 0 aliphatic heterocycles. The van der Waals surface area contributed by atoms with Crippen molar-refractivity contribution in [3.8, 4) is 0 Å². The van der Waals surface area contributed by atoms with Crippen molar-refractivity contribution < 1.29 is 80.2 Å². The van der Waals surface area contributed by atoms with E-state index >= 15 is 0 Å². The summed E-state index contributed by atoms with van der Waals surface area (Å²) in [7, 11) is -9.88. The lowest BCUT2D eigenvalue weighted by Crippen LogP contribution is -2.30. The van der Waals surface area contributed by atoms with Gasteiger partial charge in [-0.05, 0) is 37.5 Å². The van der Waals surface area contributed by atoms with Gasteiger partial charge in [0.1, 0.15) is 19.3 Å². The first-order chi connectivity index (χ1) is 39.9. The third-order valence-corrected chi connectivity index (χ3v) is 16.6. The lowest BCUT2D eigenvalue weighted by atomic mass is 10.0. The highest BCUT2D eigenvalue weighted by Crippen LogP contribution is 2.45. The molecule has 0 heterocycles. The van der Waals surface area contributed by atoms with Crippen LogP contribution in [0.4, 0.5) is 0 Å². The Hall–Kier alpha value is -1.94. The molecule has 492 valence electrons. The summed E-state index contributed by atoms with van der Waals surface area (Å²) < 4.78 is 68.0. The third kappa shape index (κ3) is 58.8. The van der Waals surface area contributed by atoms with Crippen LogP contribution in [-0.4, -0.2) is 96.7 Å². The highest BCUT2D eigenvalue weighted by Gasteiger charge is 2.30. The first-order valence-corrected chi connectivity index (χ1v) is 36.5. The zero-order chi connectivity index (χ0) is 61.5. The van der Waals surface area contributed by atoms with Crippen LogP contribution in [0.3, 0.4) is 0 Å². The van der Waals surface area contributed by atoms with Gasteiger partial charge in [-0.1, -0.05) is 266 Å². The summed E-state index contributed by atoms with van der Waals surface area (Å²) >= 11 is 0. The van der Waals surface area contributed by atoms with Gasteiger partial charge in [0.25, 0.3) is 0 Å². The second-order valence-electron chi connectivity index (χ2n) is 24.1. The molecule has 0 bridgehead atoms. The number of carbonyl (C=O) groups excluding carboxylic acids is 4. The Bertz CT molecular complexity index is 1630. The van der Waals surface area contributed by atoms with E-state index in [0.717, 1.165) is 108 Å². The van der Waals surface area contributed by atoms with Crippen molar-refractivity contribution in [1.29, 1.82) is 0 Å². The smallest absolute Gasteiger partial charge is 0.462 e. The number of esters is 4. The van der Waals surface area contributed by atoms with Crippen LogP contribution in [0.5, 0.6) is 0 Å². The molecule has 3 N–H and O–H groups in total. The van der Waals surface area contributed by atoms with Crippen molar-refractivity contribution in [2.45, 2.75) is 336 Å². The fourth-order valence-electron chi connectivity index (χ4n) is 9.53. The molecule has 0 aromatic carbocycles. The van der Waals surface area contributed by atoms with Crippen molar-refractivity contribution in [1.82, 2.24) is 0 Å². The second kappa shape index (κ2) is 56.6. The van der Waals surface area contributed by atoms with Crippen molar-refractivity contribution in [2.75, 3.05) is 39.6 Å². The zero-order valence-electron chi connectivity index (χ0n) is 53.5. The van der Waals surface area contributed by atoms with E-state index in [0.29, 0.717) is 25.7 Å². The number of ether oxygens (including phenoxy) is 4. The summed E-state index contributed by atoms with van der Waals surface area (Å²) in [6.45, 7) is 9.41. The number of phosphoric acid groups is 2. The Morgan fingerprint density at radius 3 is 0.819 bits per heavy atom. The maximum atomic E-state index is 13.0. The molecule has 19 heteroatoms. The van der Waals surface area contributed by atoms with Crippen LogP contribution < -0.4 is 0 Å². The van der Waals surface area contributed by atoms with Gasteiger partial charge in [0.05, 0.1) is 26.4 Å². The van der Waals surface area contributed by atoms with Crippen LogP contribution >= 0.6 is 15.6 Å². The summed E-state index contributed by atoms with van der Waals surface area (Å²) in [4.78, 5) is 72.2. The Labute approximate surface area is 505 Å². The second-order valence-corrected chi connectivity index (χ2v) is 27.0. The van der Waals surface area contributed by atoms with Gasteiger partial charge in [0.2, 0.25) is 0 Å². The Balaban J connectivity index is 5.23. The van der Waals surface area contributed by atoms with Crippen LogP contribution in [0.25, 0.3) is 0 Å². The van der Waals surface area contributed by atoms with Crippen molar-refractivity contribution in [3.63, 3.8) is 0 Å². The minimum Gasteiger partial charge on any atom is -0.462 e. The largest absolute Gasteiger partial charge is 0.472 e. The number of hydrogen-bond donors (Lipinski definition) is 3. The number of carbonyl (C=O) groups is 4. The van der Waals surface area contributed by atoms with Crippen LogP contribution in [0.15, 0.2) is 0 Å². The molecule has 5 atom stereocenters. The van der Waals surface area contributed by atoms with Gasteiger partial charge in [0.15, 0.2) is 12.2 Å². The highest BCUT2D eigenvalue weighted by molar-refractivity contribution is 7.47. The molecule has 0 amide bonds. The van der Waals surface area contributed by atoms with E-state index in [1.54, 1.807) is 0 Å². The molecule has 17 nitrogen and oxygen atoms in total. The third-order valence-electron chi connectivity index (χ3n) is 14.7. The minimum absolute atomic E-state index is 0.104. The number of unbranched alkanes of at least 4 members (excludes halogenated alkanes) is 33. The molecule has 0 aliphatic carbocycles. The molecule has 0 fully saturated rings. The van der Waals surface area contributed by atoms with E-state index in [9.17, 15) is 43.2 Å². The van der Waals surface area contributed by atoms with Crippen molar-refractivity contribution in [3.05, 3.63) is 0 Å². The Morgan fingerprint density at radius 1 is 0.325 bits per heavy atom. The number of aliphatic hydroxyl groups excluding tert-OH is 1. The van der Waals surface area contributed by atoms with Gasteiger partial charge in [-0.25, -0.2) is 9.13 Å². The number of rotatable bonds is 63. The first kappa shape index (κ1) is 81.1. The van der Waals surface area contributed by atoms with Crippen LogP contribution in [-0.2, 0) is 65.4 Å². The summed E-state index contributed by atoms with van der Waals surface area (Å²) in [5.41, 5.74) is 0. The number of aliphatic hydroxyl groups is 1. The van der Waals surface area contributed by atoms with Gasteiger partial charge in [-0.3, -0.25) is 37.3 Å². The fourth-order valence-corrected chi connectivity index (χ4v) is 11.1. The average molecular weight is 1230 g/mol. The summed E-state index contributed by atoms with van der Waals surface area (Å²) in [6.07, 6.45) is 39.0. The Morgan fingerprint density at radius 2 is 0.554 bits per heavy atom. The molecule has 0 radical (unpaired) electrons. The Kier molecular flexibility index (Phi) is 55.2. The lowest BCUT2D eigenvalue weighted by molar-refractivity contribution is -0.161. The molecule has 0 spiro atoms. The van der Waals surface area contributed by atoms with Gasteiger partial charge in [-0.15, -0.1) is 0 Å². The zero-order valence-corrected chi connectivity index (χ0v) is 55.3. The first-order valence-electron chi connectivity index (χ1n) is 33.5. The van der Waals surface area contributed by atoms with Crippen molar-refractivity contribution in [2.24, 2.45) is 11.8 Å². The van der Waals surface area contributed by atoms with E-state index in [-0.39, 0.29) is 25.7 Å². The molecule has 0 saturated carbocycles. The van der Waals surface area contributed by atoms with E-state index in [4.69, 9.17) is 37.0 Å². The maximum absolute atomic E-state index is 13.0. The predicted octanol–water partition coefficient (Wildman–Crippen LogP) is 17.7. The summed E-state index contributed by atoms with van der Waals surface area (Å²) in [5, 5.41) is 10.5. The molecule has 83 heavy (non-hydrogen) atoms. The van der Waals surface area contributed by atoms with E-state index in [1.165, 1.54) is 128 Å². The molecule has 0 aromatic rings. The quantitative estimate of drug-likeness (QED) is 0.0222. The van der Waals surface area contributed by atoms with Crippen LogP contribution in [0.1, 0.15) is 318 Å². The standard InChI is InChI=1S/C64H124O17P2/c1-7-9-11-13-15-17-18-19-22-29-35-41-47-62(67)75-53-60(80-63(68)48-42-36-30-23-20-21-26-32-38-44-56(3)4)55-79-83(72,73)77-51-58(65)50-76-82(70,71)78-54-59(52-74-61(66)46-40-34-28-16-14-12-10-8-2)81-64(69)49-43-37-31-25-24-27-33-39-45-57(5)6/h56-60,65H,7-55H2,1-6H3,(H,70,71)(H,72,73)/t58-,59+,60+/m0/s1. The summed E-state index contributed by atoms with van der Waals surface area (Å²) in [5.74, 6) is -0.682. The minimum atomic E-state index is -4.94. The normalized spacial score (nSPS) is 14.3. The van der Waals surface area contributed by atoms with Crippen LogP contribution in [0.2, 0.25) is 0 Å². The molecule has 0 rings (SSSR count). The molecular formula is C64H124O17P2. The van der Waals surface area contributed by atoms with E-state index in [1.807, 2.05) is 0 Å². The fraction of sp³-hybridized carbons (Fsp3) is 0.938. The monoisotopic (exact) mass is 1230 g/mol. The SMILES string of the molecule is CCCCCCCCCCCCCCC(=O)OC[C@H](COP(=O)(O)OC[C@@H](O)COP(=O)(O)OC[C@@H](COC(=O)CCCCCCCCCC)OC(=O)CCCCCCCCCCC(C)C)OC(=O)CCCCCCCCCCCC(C)C. The maximum Gasteiger partial charge on any atom is 0.472 e. The molecule has 0 aliphatic rings. The number of phosphoric ester groups is 2. The van der Waals surface area contributed by atoms with Crippen molar-refractivity contribution >= 4 is 39.5 Å². The van der Waals surface area contributed by atoms with E-state index in [2.05, 4.69) is 41.5 Å². The molecular weight excluding hydrogens is 1100 g/mol. The van der Waals surface area contributed by atoms with E-state index < -0.39 is 97.5 Å². The lowest BCUT2D eigenvalue weighted by Gasteiger charge is -2.21. The summed E-state index contributed by atoms with van der Waals surface area (Å²) in [6, 6.07) is 0. The predicted molar refractivity (Wildman–Crippen MR) is 331 cm³/mol. The average Bonchev–Trinajstić information content (AvgIpc) is 3.45. The molecule has 0 saturated heterocycles. The van der Waals surface area contributed by atoms with Gasteiger partial charge < -0.3 is 33.8 Å². The van der Waals surface area contributed by atoms with Gasteiger partial charge >= 0.3 is 39.5 Å². The molecule has 0 aromatic heterocycles. The van der Waals surface area contributed by atoms with Gasteiger partial charge in [0, 0.05) is 25.7 Å².